The lowest BCUT2D eigenvalue weighted by Crippen LogP contribution is -2.41. The van der Waals surface area contributed by atoms with Crippen LogP contribution in [-0.4, -0.2) is 35.0 Å². The summed E-state index contributed by atoms with van der Waals surface area (Å²) in [6, 6.07) is 6.63. The molecule has 0 aromatic heterocycles. The molecule has 1 rings (SSSR count). The van der Waals surface area contributed by atoms with E-state index in [9.17, 15) is 14.7 Å². The molecule has 37 heavy (non-hydrogen) atoms. The lowest BCUT2D eigenvalue weighted by molar-refractivity contribution is -0.129. The van der Waals surface area contributed by atoms with Crippen LogP contribution in [0.15, 0.2) is 24.3 Å². The summed E-state index contributed by atoms with van der Waals surface area (Å²) in [7, 11) is 0. The molecule has 3 N–H and O–H groups in total. The van der Waals surface area contributed by atoms with Crippen molar-refractivity contribution in [3.63, 3.8) is 0 Å². The number of nitrogens with one attached hydrogen (secondary N) is 2. The van der Waals surface area contributed by atoms with E-state index < -0.39 is 0 Å². The van der Waals surface area contributed by atoms with Gasteiger partial charge in [-0.3, -0.25) is 20.4 Å². The smallest absolute Gasteiger partial charge is 0.238 e. The van der Waals surface area contributed by atoms with Gasteiger partial charge in [-0.15, -0.1) is 0 Å². The Kier molecular flexibility index (Phi) is 21.9. The first-order valence-corrected chi connectivity index (χ1v) is 15.8. The molecule has 0 atom stereocenters. The highest BCUT2D eigenvalue weighted by molar-refractivity contribution is 7.99. The van der Waals surface area contributed by atoms with Crippen LogP contribution in [0.1, 0.15) is 122 Å². The van der Waals surface area contributed by atoms with Gasteiger partial charge in [-0.1, -0.05) is 71.1 Å². The van der Waals surface area contributed by atoms with Gasteiger partial charge in [-0.2, -0.15) is 11.8 Å². The molecule has 2 amide bonds. The molecule has 0 aliphatic rings. The predicted octanol–water partition coefficient (Wildman–Crippen LogP) is 7.69. The topological polar surface area (TPSA) is 87.7 Å². The van der Waals surface area contributed by atoms with Crippen LogP contribution < -0.4 is 15.6 Å². The SMILES string of the molecule is CCCCCCCCCCCCSCCCCCC(=O)NNC(=O)CCCCCOc1ccc(O)cc1. The van der Waals surface area contributed by atoms with Crippen LogP contribution in [0, 0.1) is 0 Å². The number of carbonyl (C=O) groups excluding carboxylic acids is 2. The molecule has 212 valence electrons. The molecule has 6 nitrogen and oxygen atoms in total. The number of ether oxygens (including phenoxy) is 1. The van der Waals surface area contributed by atoms with E-state index in [2.05, 4.69) is 17.8 Å². The van der Waals surface area contributed by atoms with Crippen LogP contribution in [0.25, 0.3) is 0 Å². The van der Waals surface area contributed by atoms with Gasteiger partial charge in [0.15, 0.2) is 0 Å². The third-order valence-corrected chi connectivity index (χ3v) is 7.48. The van der Waals surface area contributed by atoms with Crippen LogP contribution in [0.2, 0.25) is 0 Å². The monoisotopic (exact) mass is 536 g/mol. The van der Waals surface area contributed by atoms with E-state index in [0.717, 1.165) is 44.3 Å². The van der Waals surface area contributed by atoms with Crippen LogP contribution in [0.5, 0.6) is 11.5 Å². The van der Waals surface area contributed by atoms with Crippen molar-refractivity contribution < 1.29 is 19.4 Å². The zero-order valence-corrected chi connectivity index (χ0v) is 24.1. The number of carbonyl (C=O) groups is 2. The first-order valence-electron chi connectivity index (χ1n) is 14.7. The summed E-state index contributed by atoms with van der Waals surface area (Å²) in [5, 5.41) is 9.25. The average molecular weight is 537 g/mol. The maximum Gasteiger partial charge on any atom is 0.238 e. The van der Waals surface area contributed by atoms with Gasteiger partial charge < -0.3 is 9.84 Å². The van der Waals surface area contributed by atoms with Crippen LogP contribution in [0.4, 0.5) is 0 Å². The third kappa shape index (κ3) is 21.9. The molecular formula is C30H52N2O4S. The fourth-order valence-electron chi connectivity index (χ4n) is 4.02. The molecule has 0 radical (unpaired) electrons. The highest BCUT2D eigenvalue weighted by Crippen LogP contribution is 2.16. The van der Waals surface area contributed by atoms with E-state index in [1.54, 1.807) is 24.3 Å². The van der Waals surface area contributed by atoms with Crippen LogP contribution >= 0.6 is 11.8 Å². The molecular weight excluding hydrogens is 484 g/mol. The predicted molar refractivity (Wildman–Crippen MR) is 156 cm³/mol. The molecule has 1 aromatic rings. The Morgan fingerprint density at radius 3 is 1.68 bits per heavy atom. The largest absolute Gasteiger partial charge is 0.508 e. The quantitative estimate of drug-likeness (QED) is 0.0931. The maximum absolute atomic E-state index is 11.9. The van der Waals surface area contributed by atoms with Crippen molar-refractivity contribution in [2.24, 2.45) is 0 Å². The van der Waals surface area contributed by atoms with Gasteiger partial charge >= 0.3 is 0 Å². The third-order valence-electron chi connectivity index (χ3n) is 6.33. The van der Waals surface area contributed by atoms with Crippen molar-refractivity contribution in [1.29, 1.82) is 0 Å². The molecule has 0 saturated carbocycles. The Balaban J connectivity index is 1.80. The zero-order chi connectivity index (χ0) is 26.8. The zero-order valence-electron chi connectivity index (χ0n) is 23.2. The first-order chi connectivity index (χ1) is 18.1. The minimum Gasteiger partial charge on any atom is -0.508 e. The average Bonchev–Trinajstić information content (AvgIpc) is 2.90. The molecule has 0 aliphatic carbocycles. The summed E-state index contributed by atoms with van der Waals surface area (Å²) in [4.78, 5) is 23.8. The Labute approximate surface area is 230 Å². The molecule has 0 saturated heterocycles. The Morgan fingerprint density at radius 2 is 1.14 bits per heavy atom. The number of hydrogen-bond acceptors (Lipinski definition) is 5. The van der Waals surface area contributed by atoms with Gasteiger partial charge in [0.1, 0.15) is 11.5 Å². The van der Waals surface area contributed by atoms with Gasteiger partial charge in [0.2, 0.25) is 11.8 Å². The minimum absolute atomic E-state index is 0.117. The molecule has 0 heterocycles. The molecule has 0 spiro atoms. The number of hydrazine groups is 1. The number of thioether (sulfide) groups is 1. The number of unbranched alkanes of at least 4 members (excludes halogenated alkanes) is 13. The number of hydrogen-bond donors (Lipinski definition) is 3. The van der Waals surface area contributed by atoms with Crippen molar-refractivity contribution in [1.82, 2.24) is 10.9 Å². The van der Waals surface area contributed by atoms with E-state index in [1.807, 2.05) is 11.8 Å². The summed E-state index contributed by atoms with van der Waals surface area (Å²) in [5.74, 6) is 3.10. The molecule has 0 fully saturated rings. The second-order valence-corrected chi connectivity index (χ2v) is 11.1. The normalized spacial score (nSPS) is 10.8. The van der Waals surface area contributed by atoms with Crippen molar-refractivity contribution in [3.05, 3.63) is 24.3 Å². The lowest BCUT2D eigenvalue weighted by Gasteiger charge is -2.08. The highest BCUT2D eigenvalue weighted by Gasteiger charge is 2.05. The van der Waals surface area contributed by atoms with E-state index in [-0.39, 0.29) is 17.6 Å². The lowest BCUT2D eigenvalue weighted by atomic mass is 10.1. The van der Waals surface area contributed by atoms with Gasteiger partial charge in [0.05, 0.1) is 6.61 Å². The standard InChI is InChI=1S/C30H52N2O4S/c1-2-3-4-5-6-7-8-9-10-16-25-37-26-17-12-14-19-30(35)32-31-29(34)18-13-11-15-24-36-28-22-20-27(33)21-23-28/h20-23,33H,2-19,24-26H2,1H3,(H,31,34)(H,32,35). The minimum atomic E-state index is -0.156. The maximum atomic E-state index is 11.9. The van der Waals surface area contributed by atoms with E-state index in [0.29, 0.717) is 19.4 Å². The second kappa shape index (κ2) is 24.4. The van der Waals surface area contributed by atoms with E-state index >= 15 is 0 Å². The highest BCUT2D eigenvalue weighted by atomic mass is 32.2. The number of aromatic hydroxyl groups is 1. The number of phenols is 1. The number of benzene rings is 1. The van der Waals surface area contributed by atoms with E-state index in [4.69, 9.17) is 4.74 Å². The van der Waals surface area contributed by atoms with Crippen molar-refractivity contribution >= 4 is 23.6 Å². The fraction of sp³-hybridized carbons (Fsp3) is 0.733. The second-order valence-electron chi connectivity index (χ2n) is 9.85. The van der Waals surface area contributed by atoms with Gasteiger partial charge in [-0.05, 0) is 74.3 Å². The van der Waals surface area contributed by atoms with Crippen molar-refractivity contribution in [2.45, 2.75) is 122 Å². The van der Waals surface area contributed by atoms with Crippen LogP contribution in [-0.2, 0) is 9.59 Å². The summed E-state index contributed by atoms with van der Waals surface area (Å²) in [6.07, 6.45) is 20.2. The molecule has 1 aromatic carbocycles. The van der Waals surface area contributed by atoms with Gasteiger partial charge in [0, 0.05) is 12.8 Å². The Hall–Kier alpha value is -1.89. The Morgan fingerprint density at radius 1 is 0.676 bits per heavy atom. The fourth-order valence-corrected chi connectivity index (χ4v) is 5.04. The number of amides is 2. The first kappa shape index (κ1) is 33.1. The van der Waals surface area contributed by atoms with Crippen molar-refractivity contribution in [2.75, 3.05) is 18.1 Å². The van der Waals surface area contributed by atoms with Crippen LogP contribution in [0.3, 0.4) is 0 Å². The van der Waals surface area contributed by atoms with Crippen molar-refractivity contribution in [3.8, 4) is 11.5 Å². The summed E-state index contributed by atoms with van der Waals surface area (Å²) < 4.78 is 5.58. The summed E-state index contributed by atoms with van der Waals surface area (Å²) in [5.41, 5.74) is 5.04. The molecule has 0 bridgehead atoms. The molecule has 0 unspecified atom stereocenters. The summed E-state index contributed by atoms with van der Waals surface area (Å²) >= 11 is 2.04. The van der Waals surface area contributed by atoms with Gasteiger partial charge in [0.25, 0.3) is 0 Å². The number of rotatable bonds is 24. The Bertz CT molecular complexity index is 685. The number of phenolic OH excluding ortho intramolecular Hbond substituents is 1. The summed E-state index contributed by atoms with van der Waals surface area (Å²) in [6.45, 7) is 2.84. The molecule has 7 heteroatoms. The molecule has 0 aliphatic heterocycles. The van der Waals surface area contributed by atoms with E-state index in [1.165, 1.54) is 75.7 Å². The van der Waals surface area contributed by atoms with Gasteiger partial charge in [-0.25, -0.2) is 0 Å².